The fourth-order valence-corrected chi connectivity index (χ4v) is 3.50. The van der Waals surface area contributed by atoms with Crippen LogP contribution in [0.3, 0.4) is 0 Å². The van der Waals surface area contributed by atoms with Crippen LogP contribution in [0.2, 0.25) is 0 Å². The Morgan fingerprint density at radius 2 is 2.00 bits per heavy atom. The van der Waals surface area contributed by atoms with Crippen molar-refractivity contribution in [3.05, 3.63) is 41.0 Å². The summed E-state index contributed by atoms with van der Waals surface area (Å²) in [6, 6.07) is 6.18. The zero-order valence-corrected chi connectivity index (χ0v) is 12.3. The van der Waals surface area contributed by atoms with Crippen molar-refractivity contribution in [1.29, 1.82) is 5.26 Å². The van der Waals surface area contributed by atoms with E-state index in [1.165, 1.54) is 6.07 Å². The molecule has 2 aliphatic rings. The van der Waals surface area contributed by atoms with Crippen LogP contribution >= 0.6 is 0 Å². The van der Waals surface area contributed by atoms with Gasteiger partial charge in [-0.3, -0.25) is 4.90 Å². The third-order valence-corrected chi connectivity index (χ3v) is 4.75. The van der Waals surface area contributed by atoms with Gasteiger partial charge in [0.2, 0.25) is 0 Å². The monoisotopic (exact) mass is 306 g/mol. The molecule has 3 rings (SSSR count). The second kappa shape index (κ2) is 5.44. The molecule has 1 aromatic rings. The highest BCUT2D eigenvalue weighted by Crippen LogP contribution is 2.38. The van der Waals surface area contributed by atoms with Gasteiger partial charge in [0, 0.05) is 12.1 Å². The topological polar surface area (TPSA) is 27.0 Å². The van der Waals surface area contributed by atoms with E-state index in [-0.39, 0.29) is 5.56 Å². The number of fused-ring (bicyclic) bond motifs is 2. The minimum Gasteiger partial charge on any atom is -0.297 e. The minimum absolute atomic E-state index is 0.0646. The third-order valence-electron chi connectivity index (χ3n) is 4.75. The van der Waals surface area contributed by atoms with Crippen LogP contribution < -0.4 is 0 Å². The zero-order valence-electron chi connectivity index (χ0n) is 12.3. The number of piperidine rings is 1. The number of nitrogens with zero attached hydrogens (tertiary/aromatic N) is 2. The van der Waals surface area contributed by atoms with Crippen molar-refractivity contribution in [3.8, 4) is 6.07 Å². The molecule has 2 nitrogen and oxygen atoms in total. The molecule has 0 amide bonds. The van der Waals surface area contributed by atoms with Crippen LogP contribution in [0.4, 0.5) is 13.2 Å². The van der Waals surface area contributed by atoms with Gasteiger partial charge in [-0.1, -0.05) is 12.5 Å². The molecule has 2 atom stereocenters. The van der Waals surface area contributed by atoms with Crippen molar-refractivity contribution in [1.82, 2.24) is 4.90 Å². The van der Waals surface area contributed by atoms with Gasteiger partial charge in [0.25, 0.3) is 0 Å². The molecule has 0 aromatic heterocycles. The molecule has 0 radical (unpaired) electrons. The first kappa shape index (κ1) is 15.1. The molecule has 22 heavy (non-hydrogen) atoms. The number of alkyl halides is 3. The summed E-state index contributed by atoms with van der Waals surface area (Å²) in [6.45, 7) is 0. The molecule has 2 aliphatic heterocycles. The van der Waals surface area contributed by atoms with Crippen LogP contribution in [0.15, 0.2) is 24.3 Å². The lowest BCUT2D eigenvalue weighted by Crippen LogP contribution is -2.45. The van der Waals surface area contributed by atoms with E-state index in [1.807, 2.05) is 6.07 Å². The predicted octanol–water partition coefficient (Wildman–Crippen LogP) is 4.22. The SMILES string of the molecule is CN1C2C=C(c3cc(C#N)cc(C(F)(F)F)c3)CC1CCC2. The van der Waals surface area contributed by atoms with Crippen LogP contribution in [0.5, 0.6) is 0 Å². The van der Waals surface area contributed by atoms with Crippen molar-refractivity contribution in [2.45, 2.75) is 43.9 Å². The van der Waals surface area contributed by atoms with E-state index >= 15 is 0 Å². The van der Waals surface area contributed by atoms with Crippen molar-refractivity contribution in [3.63, 3.8) is 0 Å². The average Bonchev–Trinajstić information content (AvgIpc) is 2.45. The van der Waals surface area contributed by atoms with Crippen molar-refractivity contribution in [2.75, 3.05) is 7.05 Å². The Bertz CT molecular complexity index is 655. The van der Waals surface area contributed by atoms with E-state index in [2.05, 4.69) is 18.0 Å². The van der Waals surface area contributed by atoms with Crippen LogP contribution in [0.25, 0.3) is 5.57 Å². The number of nitriles is 1. The van der Waals surface area contributed by atoms with Gasteiger partial charge in [0.1, 0.15) is 0 Å². The maximum Gasteiger partial charge on any atom is 0.416 e. The summed E-state index contributed by atoms with van der Waals surface area (Å²) in [4.78, 5) is 2.31. The maximum absolute atomic E-state index is 13.0. The van der Waals surface area contributed by atoms with Gasteiger partial charge in [0.05, 0.1) is 17.2 Å². The molecule has 2 heterocycles. The molecule has 0 saturated carbocycles. The van der Waals surface area contributed by atoms with E-state index in [4.69, 9.17) is 5.26 Å². The highest BCUT2D eigenvalue weighted by molar-refractivity contribution is 5.69. The summed E-state index contributed by atoms with van der Waals surface area (Å²) in [5, 5.41) is 9.01. The van der Waals surface area contributed by atoms with Crippen molar-refractivity contribution >= 4 is 5.57 Å². The predicted molar refractivity (Wildman–Crippen MR) is 77.9 cm³/mol. The van der Waals surface area contributed by atoms with Crippen molar-refractivity contribution < 1.29 is 13.2 Å². The quantitative estimate of drug-likeness (QED) is 0.777. The van der Waals surface area contributed by atoms with Crippen LogP contribution in [-0.4, -0.2) is 24.0 Å². The van der Waals surface area contributed by atoms with Gasteiger partial charge < -0.3 is 0 Å². The van der Waals surface area contributed by atoms with Crippen LogP contribution in [0.1, 0.15) is 42.4 Å². The minimum atomic E-state index is -4.43. The molecular weight excluding hydrogens is 289 g/mol. The molecule has 5 heteroatoms. The van der Waals surface area contributed by atoms with Crippen molar-refractivity contribution in [2.24, 2.45) is 0 Å². The summed E-state index contributed by atoms with van der Waals surface area (Å²) in [5.41, 5.74) is 0.799. The second-order valence-electron chi connectivity index (χ2n) is 6.12. The summed E-state index contributed by atoms with van der Waals surface area (Å²) < 4.78 is 39.0. The Kier molecular flexibility index (Phi) is 3.73. The second-order valence-corrected chi connectivity index (χ2v) is 6.12. The molecular formula is C17H17F3N2. The number of likely N-dealkylation sites (N-methyl/N-ethyl adjacent to an activating group) is 1. The maximum atomic E-state index is 13.0. The van der Waals surface area contributed by atoms with E-state index in [9.17, 15) is 13.2 Å². The van der Waals surface area contributed by atoms with E-state index in [0.29, 0.717) is 17.6 Å². The molecule has 0 N–H and O–H groups in total. The average molecular weight is 306 g/mol. The Labute approximate surface area is 127 Å². The van der Waals surface area contributed by atoms with E-state index < -0.39 is 11.7 Å². The Morgan fingerprint density at radius 3 is 2.64 bits per heavy atom. The summed E-state index contributed by atoms with van der Waals surface area (Å²) in [5.74, 6) is 0. The van der Waals surface area contributed by atoms with Gasteiger partial charge in [-0.2, -0.15) is 18.4 Å². The van der Waals surface area contributed by atoms with Gasteiger partial charge in [0.15, 0.2) is 0 Å². The molecule has 0 aliphatic carbocycles. The highest BCUT2D eigenvalue weighted by atomic mass is 19.4. The Balaban J connectivity index is 2.03. The smallest absolute Gasteiger partial charge is 0.297 e. The Hall–Kier alpha value is -1.80. The number of hydrogen-bond donors (Lipinski definition) is 0. The number of benzene rings is 1. The molecule has 1 fully saturated rings. The zero-order chi connectivity index (χ0) is 15.9. The largest absolute Gasteiger partial charge is 0.416 e. The van der Waals surface area contributed by atoms with Gasteiger partial charge >= 0.3 is 6.18 Å². The number of halogens is 3. The summed E-state index contributed by atoms with van der Waals surface area (Å²) in [7, 11) is 2.08. The first-order valence-corrected chi connectivity index (χ1v) is 7.44. The van der Waals surface area contributed by atoms with Gasteiger partial charge in [-0.05, 0) is 55.6 Å². The lowest BCUT2D eigenvalue weighted by molar-refractivity contribution is -0.137. The van der Waals surface area contributed by atoms with Crippen LogP contribution in [0, 0.1) is 11.3 Å². The molecule has 116 valence electrons. The Morgan fingerprint density at radius 1 is 1.23 bits per heavy atom. The van der Waals surface area contributed by atoms with Gasteiger partial charge in [-0.15, -0.1) is 0 Å². The molecule has 2 bridgehead atoms. The molecule has 1 aromatic carbocycles. The summed E-state index contributed by atoms with van der Waals surface area (Å²) in [6.07, 6.45) is 1.68. The van der Waals surface area contributed by atoms with E-state index in [0.717, 1.165) is 37.3 Å². The first-order valence-electron chi connectivity index (χ1n) is 7.44. The van der Waals surface area contributed by atoms with E-state index in [1.54, 1.807) is 6.07 Å². The fraction of sp³-hybridized carbons (Fsp3) is 0.471. The van der Waals surface area contributed by atoms with Gasteiger partial charge in [-0.25, -0.2) is 0 Å². The lowest BCUT2D eigenvalue weighted by atomic mass is 9.82. The fourth-order valence-electron chi connectivity index (χ4n) is 3.50. The standard InChI is InChI=1S/C17H17F3N2/c1-22-15-3-2-4-16(22)9-13(8-15)12-5-11(10-21)6-14(7-12)17(18,19)20/h5-8,15-16H,2-4,9H2,1H3. The third kappa shape index (κ3) is 2.76. The number of hydrogen-bond acceptors (Lipinski definition) is 2. The normalized spacial score (nSPS) is 25.5. The summed E-state index contributed by atoms with van der Waals surface area (Å²) >= 11 is 0. The number of rotatable bonds is 1. The molecule has 2 unspecified atom stereocenters. The molecule has 0 spiro atoms. The lowest BCUT2D eigenvalue weighted by Gasteiger charge is -2.43. The molecule has 1 saturated heterocycles. The highest BCUT2D eigenvalue weighted by Gasteiger charge is 2.34. The van der Waals surface area contributed by atoms with Crippen LogP contribution in [-0.2, 0) is 6.18 Å². The first-order chi connectivity index (χ1) is 10.4.